The Morgan fingerprint density at radius 3 is 2.80 bits per heavy atom. The summed E-state index contributed by atoms with van der Waals surface area (Å²) in [4.78, 5) is 12.6. The van der Waals surface area contributed by atoms with E-state index in [0.29, 0.717) is 13.0 Å². The molecular weight excluding hydrogens is 133 g/mol. The predicted molar refractivity (Wildman–Crippen MR) is 36.3 cm³/mol. The molecule has 58 valence electrons. The molecule has 1 amide bonds. The lowest BCUT2D eigenvalue weighted by Crippen LogP contribution is -2.24. The lowest BCUT2D eigenvalue weighted by atomic mass is 10.1. The van der Waals surface area contributed by atoms with Crippen LogP contribution in [0.15, 0.2) is 0 Å². The van der Waals surface area contributed by atoms with E-state index in [9.17, 15) is 9.18 Å². The van der Waals surface area contributed by atoms with Gasteiger partial charge in [-0.05, 0) is 6.92 Å². The summed E-state index contributed by atoms with van der Waals surface area (Å²) in [6.07, 6.45) is 0.407. The van der Waals surface area contributed by atoms with E-state index < -0.39 is 0 Å². The zero-order valence-electron chi connectivity index (χ0n) is 6.14. The van der Waals surface area contributed by atoms with Gasteiger partial charge in [-0.25, -0.2) is 0 Å². The van der Waals surface area contributed by atoms with Gasteiger partial charge >= 0.3 is 0 Å². The van der Waals surface area contributed by atoms with E-state index in [1.54, 1.807) is 4.90 Å². The molecule has 0 aliphatic carbocycles. The van der Waals surface area contributed by atoms with Crippen LogP contribution in [0.25, 0.3) is 0 Å². The quantitative estimate of drug-likeness (QED) is 0.563. The highest BCUT2D eigenvalue weighted by molar-refractivity contribution is 5.78. The number of alkyl halides is 1. The van der Waals surface area contributed by atoms with Crippen molar-refractivity contribution in [3.8, 4) is 0 Å². The molecule has 1 aliphatic heterocycles. The first kappa shape index (κ1) is 7.51. The minimum atomic E-state index is -0.359. The Hall–Kier alpha value is -0.600. The second kappa shape index (κ2) is 2.99. The van der Waals surface area contributed by atoms with Crippen molar-refractivity contribution in [1.82, 2.24) is 4.90 Å². The van der Waals surface area contributed by atoms with Gasteiger partial charge in [-0.3, -0.25) is 9.18 Å². The van der Waals surface area contributed by atoms with E-state index in [0.717, 1.165) is 6.54 Å². The standard InChI is InChI=1S/C7H12FNO/c1-2-9-5-6(4-8)3-7(9)10/h6H,2-5H2,1H3. The van der Waals surface area contributed by atoms with Gasteiger partial charge in [0.2, 0.25) is 5.91 Å². The van der Waals surface area contributed by atoms with Gasteiger partial charge in [0.05, 0.1) is 6.67 Å². The van der Waals surface area contributed by atoms with Crippen molar-refractivity contribution >= 4 is 5.91 Å². The van der Waals surface area contributed by atoms with Crippen LogP contribution in [0.4, 0.5) is 4.39 Å². The molecule has 1 atom stereocenters. The minimum Gasteiger partial charge on any atom is -0.343 e. The van der Waals surface area contributed by atoms with Crippen molar-refractivity contribution in [2.45, 2.75) is 13.3 Å². The van der Waals surface area contributed by atoms with E-state index in [4.69, 9.17) is 0 Å². The first-order valence-electron chi connectivity index (χ1n) is 3.61. The fourth-order valence-corrected chi connectivity index (χ4v) is 1.26. The van der Waals surface area contributed by atoms with Crippen molar-refractivity contribution in [2.75, 3.05) is 19.8 Å². The second-order valence-corrected chi connectivity index (χ2v) is 2.66. The summed E-state index contributed by atoms with van der Waals surface area (Å²) < 4.78 is 12.0. The lowest BCUT2D eigenvalue weighted by molar-refractivity contribution is -0.127. The van der Waals surface area contributed by atoms with Gasteiger partial charge < -0.3 is 4.90 Å². The number of likely N-dealkylation sites (tertiary alicyclic amines) is 1. The Morgan fingerprint density at radius 2 is 2.50 bits per heavy atom. The fraction of sp³-hybridized carbons (Fsp3) is 0.857. The van der Waals surface area contributed by atoms with E-state index in [-0.39, 0.29) is 18.5 Å². The average Bonchev–Trinajstić information content (AvgIpc) is 2.30. The summed E-state index contributed by atoms with van der Waals surface area (Å²) in [6, 6.07) is 0. The first-order chi connectivity index (χ1) is 4.77. The molecular formula is C7H12FNO. The lowest BCUT2D eigenvalue weighted by Gasteiger charge is -2.11. The highest BCUT2D eigenvalue weighted by Crippen LogP contribution is 2.16. The highest BCUT2D eigenvalue weighted by atomic mass is 19.1. The Kier molecular flexibility index (Phi) is 2.25. The Labute approximate surface area is 60.0 Å². The largest absolute Gasteiger partial charge is 0.343 e. The number of halogens is 1. The topological polar surface area (TPSA) is 20.3 Å². The number of hydrogen-bond acceptors (Lipinski definition) is 1. The van der Waals surface area contributed by atoms with Gasteiger partial charge in [0.1, 0.15) is 0 Å². The molecule has 0 N–H and O–H groups in total. The number of carbonyl (C=O) groups is 1. The Morgan fingerprint density at radius 1 is 1.80 bits per heavy atom. The van der Waals surface area contributed by atoms with Crippen molar-refractivity contribution in [1.29, 1.82) is 0 Å². The maximum Gasteiger partial charge on any atom is 0.223 e. The van der Waals surface area contributed by atoms with Gasteiger partial charge in [-0.2, -0.15) is 0 Å². The average molecular weight is 145 g/mol. The van der Waals surface area contributed by atoms with Gasteiger partial charge in [0.15, 0.2) is 0 Å². The number of rotatable bonds is 2. The van der Waals surface area contributed by atoms with Crippen LogP contribution in [0.3, 0.4) is 0 Å². The number of carbonyl (C=O) groups excluding carboxylic acids is 1. The molecule has 10 heavy (non-hydrogen) atoms. The van der Waals surface area contributed by atoms with Crippen molar-refractivity contribution in [3.05, 3.63) is 0 Å². The summed E-state index contributed by atoms with van der Waals surface area (Å²) in [6.45, 7) is 2.89. The van der Waals surface area contributed by atoms with Crippen LogP contribution >= 0.6 is 0 Å². The zero-order valence-corrected chi connectivity index (χ0v) is 6.14. The monoisotopic (exact) mass is 145 g/mol. The molecule has 0 spiro atoms. The third-order valence-corrected chi connectivity index (χ3v) is 1.89. The first-order valence-corrected chi connectivity index (χ1v) is 3.61. The maximum absolute atomic E-state index is 12.0. The van der Waals surface area contributed by atoms with Crippen LogP contribution in [-0.4, -0.2) is 30.6 Å². The highest BCUT2D eigenvalue weighted by Gasteiger charge is 2.27. The summed E-state index contributed by atoms with van der Waals surface area (Å²) >= 11 is 0. The fourth-order valence-electron chi connectivity index (χ4n) is 1.26. The summed E-state index contributed by atoms with van der Waals surface area (Å²) in [5.41, 5.74) is 0. The van der Waals surface area contributed by atoms with Crippen molar-refractivity contribution in [3.63, 3.8) is 0 Å². The van der Waals surface area contributed by atoms with E-state index in [1.165, 1.54) is 0 Å². The summed E-state index contributed by atoms with van der Waals surface area (Å²) in [5.74, 6) is 0.0672. The molecule has 1 heterocycles. The molecule has 0 aromatic heterocycles. The molecule has 0 aromatic rings. The molecule has 0 aromatic carbocycles. The normalized spacial score (nSPS) is 26.0. The van der Waals surface area contributed by atoms with Crippen molar-refractivity contribution in [2.24, 2.45) is 5.92 Å². The van der Waals surface area contributed by atoms with Gasteiger partial charge in [-0.1, -0.05) is 0 Å². The molecule has 1 rings (SSSR count). The number of hydrogen-bond donors (Lipinski definition) is 0. The molecule has 0 radical (unpaired) electrons. The number of amides is 1. The Bertz CT molecular complexity index is 138. The van der Waals surface area contributed by atoms with Crippen LogP contribution in [0.1, 0.15) is 13.3 Å². The maximum atomic E-state index is 12.0. The minimum absolute atomic E-state index is 0.0348. The van der Waals surface area contributed by atoms with Crippen LogP contribution in [0.5, 0.6) is 0 Å². The molecule has 1 aliphatic rings. The molecule has 0 saturated carbocycles. The third-order valence-electron chi connectivity index (χ3n) is 1.89. The van der Waals surface area contributed by atoms with Gasteiger partial charge in [0.25, 0.3) is 0 Å². The predicted octanol–water partition coefficient (Wildman–Crippen LogP) is 0.824. The molecule has 1 fully saturated rings. The summed E-state index contributed by atoms with van der Waals surface area (Å²) in [5, 5.41) is 0. The van der Waals surface area contributed by atoms with E-state index in [2.05, 4.69) is 0 Å². The van der Waals surface area contributed by atoms with Gasteiger partial charge in [0, 0.05) is 25.4 Å². The van der Waals surface area contributed by atoms with Crippen molar-refractivity contribution < 1.29 is 9.18 Å². The Balaban J connectivity index is 2.44. The molecule has 0 bridgehead atoms. The zero-order chi connectivity index (χ0) is 7.56. The molecule has 1 saturated heterocycles. The SMILES string of the molecule is CCN1CC(CF)CC1=O. The van der Waals surface area contributed by atoms with E-state index >= 15 is 0 Å². The molecule has 2 nitrogen and oxygen atoms in total. The second-order valence-electron chi connectivity index (χ2n) is 2.66. The van der Waals surface area contributed by atoms with Crippen LogP contribution < -0.4 is 0 Å². The third kappa shape index (κ3) is 1.28. The van der Waals surface area contributed by atoms with Gasteiger partial charge in [-0.15, -0.1) is 0 Å². The summed E-state index contributed by atoms with van der Waals surface area (Å²) in [7, 11) is 0. The number of nitrogens with zero attached hydrogens (tertiary/aromatic N) is 1. The van der Waals surface area contributed by atoms with Crippen LogP contribution in [0, 0.1) is 5.92 Å². The molecule has 3 heteroatoms. The smallest absolute Gasteiger partial charge is 0.223 e. The van der Waals surface area contributed by atoms with Crippen LogP contribution in [-0.2, 0) is 4.79 Å². The van der Waals surface area contributed by atoms with E-state index in [1.807, 2.05) is 6.92 Å². The molecule has 1 unspecified atom stereocenters. The van der Waals surface area contributed by atoms with Crippen LogP contribution in [0.2, 0.25) is 0 Å².